The van der Waals surface area contributed by atoms with Crippen molar-refractivity contribution in [3.8, 4) is 0 Å². The van der Waals surface area contributed by atoms with E-state index in [1.54, 1.807) is 0 Å². The second-order valence-electron chi connectivity index (χ2n) is 3.03. The van der Waals surface area contributed by atoms with Crippen LogP contribution >= 0.6 is 7.82 Å². The first kappa shape index (κ1) is 11.1. The van der Waals surface area contributed by atoms with Crippen LogP contribution in [0.25, 0.3) is 0 Å². The molecule has 0 aromatic carbocycles. The Kier molecular flexibility index (Phi) is 2.11. The Bertz CT molecular complexity index is 356. The SMILES string of the molecule is O=C1C2(O)OP(=O)(O2)O[C@@]1(O)[C@H](O)CO. The van der Waals surface area contributed by atoms with Crippen LogP contribution in [0.1, 0.15) is 0 Å². The molecule has 3 aliphatic heterocycles. The van der Waals surface area contributed by atoms with Crippen molar-refractivity contribution in [3.05, 3.63) is 0 Å². The van der Waals surface area contributed by atoms with Crippen LogP contribution in [-0.4, -0.2) is 50.7 Å². The van der Waals surface area contributed by atoms with Crippen molar-refractivity contribution in [3.63, 3.8) is 0 Å². The van der Waals surface area contributed by atoms with Crippen molar-refractivity contribution >= 4 is 13.6 Å². The molecule has 0 amide bonds. The molecule has 0 radical (unpaired) electrons. The van der Waals surface area contributed by atoms with E-state index in [1.807, 2.05) is 0 Å². The molecule has 86 valence electrons. The molecule has 0 aromatic heterocycles. The Morgan fingerprint density at radius 2 is 1.87 bits per heavy atom. The van der Waals surface area contributed by atoms with Crippen LogP contribution in [0.15, 0.2) is 0 Å². The average Bonchev–Trinajstić information content (AvgIpc) is 2.10. The summed E-state index contributed by atoms with van der Waals surface area (Å²) in [6.07, 6.45) is -2.07. The summed E-state index contributed by atoms with van der Waals surface area (Å²) in [4.78, 5) is 11.3. The highest BCUT2D eigenvalue weighted by molar-refractivity contribution is 7.50. The molecular weight excluding hydrogens is 235 g/mol. The Hall–Kier alpha value is -0.380. The first-order chi connectivity index (χ1) is 6.76. The van der Waals surface area contributed by atoms with Gasteiger partial charge >= 0.3 is 13.8 Å². The zero-order valence-corrected chi connectivity index (χ0v) is 7.96. The van der Waals surface area contributed by atoms with Gasteiger partial charge in [-0.25, -0.2) is 18.1 Å². The number of rotatable bonds is 2. The molecule has 0 spiro atoms. The number of carbonyl (C=O) groups is 1. The van der Waals surface area contributed by atoms with Gasteiger partial charge in [0.2, 0.25) is 0 Å². The first-order valence-electron chi connectivity index (χ1n) is 3.77. The van der Waals surface area contributed by atoms with Crippen LogP contribution in [0.5, 0.6) is 0 Å². The third-order valence-electron chi connectivity index (χ3n) is 1.96. The van der Waals surface area contributed by atoms with Gasteiger partial charge in [0.25, 0.3) is 11.6 Å². The Morgan fingerprint density at radius 3 is 2.33 bits per heavy atom. The minimum absolute atomic E-state index is 1.04. The molecule has 10 heteroatoms. The number of hydrogen-bond donors (Lipinski definition) is 4. The third-order valence-corrected chi connectivity index (χ3v) is 3.40. The van der Waals surface area contributed by atoms with Crippen LogP contribution in [-0.2, 0) is 22.9 Å². The third kappa shape index (κ3) is 1.30. The lowest BCUT2D eigenvalue weighted by Gasteiger charge is -2.49. The molecule has 3 fully saturated rings. The number of fused-ring (bicyclic) bond motifs is 2. The van der Waals surface area contributed by atoms with Crippen molar-refractivity contribution in [1.29, 1.82) is 0 Å². The fourth-order valence-electron chi connectivity index (χ4n) is 1.20. The fraction of sp³-hybridized carbons (Fsp3) is 0.800. The number of ketones is 1. The van der Waals surface area contributed by atoms with Crippen LogP contribution in [0.4, 0.5) is 0 Å². The van der Waals surface area contributed by atoms with Crippen LogP contribution in [0.2, 0.25) is 0 Å². The highest BCUT2D eigenvalue weighted by atomic mass is 31.2. The minimum Gasteiger partial charge on any atom is -0.393 e. The lowest BCUT2D eigenvalue weighted by molar-refractivity contribution is -0.377. The van der Waals surface area contributed by atoms with E-state index in [4.69, 9.17) is 15.3 Å². The van der Waals surface area contributed by atoms with E-state index in [2.05, 4.69) is 13.6 Å². The number of carbonyl (C=O) groups excluding carboxylic acids is 1. The van der Waals surface area contributed by atoms with Gasteiger partial charge in [-0.2, -0.15) is 0 Å². The molecule has 9 nitrogen and oxygen atoms in total. The lowest BCUT2D eigenvalue weighted by Crippen LogP contribution is -2.70. The minimum atomic E-state index is -4.23. The molecule has 15 heavy (non-hydrogen) atoms. The second-order valence-corrected chi connectivity index (χ2v) is 4.47. The van der Waals surface area contributed by atoms with E-state index in [0.717, 1.165) is 0 Å². The summed E-state index contributed by atoms with van der Waals surface area (Å²) in [5, 5.41) is 36.3. The maximum atomic E-state index is 11.3. The number of hydrogen-bond acceptors (Lipinski definition) is 9. The first-order valence-corrected chi connectivity index (χ1v) is 5.23. The summed E-state index contributed by atoms with van der Waals surface area (Å²) in [6.45, 7) is -1.04. The molecule has 3 rings (SSSR count). The molecule has 4 N–H and O–H groups in total. The van der Waals surface area contributed by atoms with Gasteiger partial charge < -0.3 is 20.4 Å². The van der Waals surface area contributed by atoms with Crippen LogP contribution in [0, 0.1) is 0 Å². The molecule has 3 heterocycles. The van der Waals surface area contributed by atoms with Gasteiger partial charge in [-0.1, -0.05) is 0 Å². The van der Waals surface area contributed by atoms with Crippen molar-refractivity contribution in [2.75, 3.05) is 6.61 Å². The summed E-state index contributed by atoms with van der Waals surface area (Å²) < 4.78 is 23.6. The van der Waals surface area contributed by atoms with Gasteiger partial charge in [-0.3, -0.25) is 4.79 Å². The van der Waals surface area contributed by atoms with E-state index >= 15 is 0 Å². The van der Waals surface area contributed by atoms with E-state index in [1.165, 1.54) is 0 Å². The summed E-state index contributed by atoms with van der Waals surface area (Å²) in [5.41, 5.74) is 0. The fourth-order valence-corrected chi connectivity index (χ4v) is 2.61. The standard InChI is InChI=1S/C5H7O9P/c6-1-2(7)4(9)3(8)5(10)13-15(11,12-4)14-5/h2,6-7,9-10H,1H2/t2-,4+,5?,15?/m1/s1. The second kappa shape index (κ2) is 2.84. The molecule has 3 saturated heterocycles. The number of Topliss-reactive ketones (excluding diaryl/α,β-unsaturated/α-hetero) is 1. The number of phosphoric acid groups is 1. The van der Waals surface area contributed by atoms with Crippen LogP contribution < -0.4 is 0 Å². The quantitative estimate of drug-likeness (QED) is 0.384. The molecule has 0 saturated carbocycles. The van der Waals surface area contributed by atoms with Crippen molar-refractivity contribution in [2.24, 2.45) is 0 Å². The summed E-state index contributed by atoms with van der Waals surface area (Å²) >= 11 is 0. The number of aliphatic hydroxyl groups is 4. The van der Waals surface area contributed by atoms with E-state index < -0.39 is 38.1 Å². The lowest BCUT2D eigenvalue weighted by atomic mass is 10.0. The molecule has 0 aliphatic carbocycles. The van der Waals surface area contributed by atoms with Crippen molar-refractivity contribution < 1.29 is 43.4 Å². The maximum Gasteiger partial charge on any atom is 0.487 e. The average molecular weight is 242 g/mol. The predicted molar refractivity (Wildman–Crippen MR) is 38.9 cm³/mol. The van der Waals surface area contributed by atoms with Gasteiger partial charge in [-0.05, 0) is 0 Å². The Labute approximate surface area is 82.4 Å². The van der Waals surface area contributed by atoms with Gasteiger partial charge in [0.05, 0.1) is 6.61 Å². The monoisotopic (exact) mass is 242 g/mol. The topological polar surface area (TPSA) is 143 Å². The molecule has 0 aromatic rings. The highest BCUT2D eigenvalue weighted by Crippen LogP contribution is 2.70. The Morgan fingerprint density at radius 1 is 1.33 bits per heavy atom. The van der Waals surface area contributed by atoms with E-state index in [0.29, 0.717) is 0 Å². The number of phosphoric ester groups is 1. The van der Waals surface area contributed by atoms with Gasteiger partial charge in [-0.15, -0.1) is 0 Å². The van der Waals surface area contributed by atoms with Crippen molar-refractivity contribution in [2.45, 2.75) is 17.9 Å². The zero-order chi connectivity index (χ0) is 11.5. The van der Waals surface area contributed by atoms with E-state index in [-0.39, 0.29) is 0 Å². The molecule has 3 aliphatic rings. The highest BCUT2D eigenvalue weighted by Gasteiger charge is 2.76. The van der Waals surface area contributed by atoms with Crippen LogP contribution in [0.3, 0.4) is 0 Å². The molecule has 2 bridgehead atoms. The molecular formula is C5H7O9P. The zero-order valence-electron chi connectivity index (χ0n) is 7.06. The summed E-state index contributed by atoms with van der Waals surface area (Å²) in [6, 6.07) is 0. The molecule has 0 unspecified atom stereocenters. The van der Waals surface area contributed by atoms with Gasteiger partial charge in [0, 0.05) is 0 Å². The normalized spacial score (nSPS) is 51.1. The predicted octanol–water partition coefficient (Wildman–Crippen LogP) is -2.57. The summed E-state index contributed by atoms with van der Waals surface area (Å²) in [5.74, 6) is -7.48. The smallest absolute Gasteiger partial charge is 0.393 e. The van der Waals surface area contributed by atoms with Crippen molar-refractivity contribution in [1.82, 2.24) is 0 Å². The molecule has 2 atom stereocenters. The summed E-state index contributed by atoms with van der Waals surface area (Å²) in [7, 11) is -4.23. The number of aliphatic hydroxyl groups excluding tert-OH is 2. The van der Waals surface area contributed by atoms with Gasteiger partial charge in [0.15, 0.2) is 0 Å². The van der Waals surface area contributed by atoms with E-state index in [9.17, 15) is 14.5 Å². The van der Waals surface area contributed by atoms with Gasteiger partial charge in [0.1, 0.15) is 6.10 Å². The Balaban J connectivity index is 2.36. The maximum absolute atomic E-state index is 11.3. The largest absolute Gasteiger partial charge is 0.487 e.